The number of ether oxygens (including phenoxy) is 2. The summed E-state index contributed by atoms with van der Waals surface area (Å²) in [5.74, 6) is 0.550. The Morgan fingerprint density at radius 3 is 1.16 bits per heavy atom. The first-order chi connectivity index (χ1) is 29.7. The van der Waals surface area contributed by atoms with Crippen LogP contribution in [-0.4, -0.2) is 93.1 Å². The van der Waals surface area contributed by atoms with Gasteiger partial charge in [0.1, 0.15) is 11.6 Å². The van der Waals surface area contributed by atoms with E-state index in [9.17, 15) is 19.2 Å². The van der Waals surface area contributed by atoms with E-state index in [1.807, 2.05) is 79.7 Å². The van der Waals surface area contributed by atoms with E-state index in [4.69, 9.17) is 19.4 Å². The van der Waals surface area contributed by atoms with E-state index in [0.717, 1.165) is 70.0 Å². The van der Waals surface area contributed by atoms with Crippen LogP contribution in [0, 0.1) is 21.7 Å². The van der Waals surface area contributed by atoms with Crippen LogP contribution in [0.15, 0.2) is 60.7 Å². The number of aromatic nitrogens is 4. The lowest BCUT2D eigenvalue weighted by atomic mass is 9.83. The number of hydrogen-bond acceptors (Lipinski definition) is 8. The van der Waals surface area contributed by atoms with Gasteiger partial charge in [0.05, 0.1) is 34.2 Å². The second kappa shape index (κ2) is 16.0. The number of fused-ring (bicyclic) bond motifs is 2. The molecule has 342 valence electrons. The van der Waals surface area contributed by atoms with Crippen LogP contribution >= 0.6 is 0 Å². The minimum Gasteiger partial charge on any atom is -0.432 e. The molecule has 2 aliphatic carbocycles. The lowest BCUT2D eigenvalue weighted by Crippen LogP contribution is -2.56. The number of amides is 4. The number of aromatic amines is 2. The van der Waals surface area contributed by atoms with Gasteiger partial charge in [0.2, 0.25) is 0 Å². The number of rotatable bonds is 12. The summed E-state index contributed by atoms with van der Waals surface area (Å²) in [5.41, 5.74) is 2.79. The van der Waals surface area contributed by atoms with E-state index in [-0.39, 0.29) is 11.8 Å². The van der Waals surface area contributed by atoms with Gasteiger partial charge in [0, 0.05) is 39.0 Å². The van der Waals surface area contributed by atoms with Gasteiger partial charge in [-0.25, -0.2) is 19.6 Å². The molecule has 0 saturated heterocycles. The molecule has 2 fully saturated rings. The Morgan fingerprint density at radius 1 is 0.562 bits per heavy atom. The minimum atomic E-state index is -1.35. The molecule has 4 atom stereocenters. The van der Waals surface area contributed by atoms with E-state index in [0.29, 0.717) is 11.6 Å². The van der Waals surface area contributed by atoms with Crippen LogP contribution < -0.4 is 10.6 Å². The SMILES string of the molecule is CN(C)C(=O)OC(C)(C(=O)N[C@H](c1nc2ccc(-c3ccc(-c4ccc5nc([C@@H](NC(=O)C(C)(OC(=O)N(C)C)C6(C)CC6)C(C)(C)C)[nH]c5c4)cc3)cc2[nH]1)C(C)(C)C)C1(C)CC1. The second-order valence-electron chi connectivity index (χ2n) is 21.5. The van der Waals surface area contributed by atoms with Crippen LogP contribution in [0.25, 0.3) is 44.3 Å². The molecule has 0 radical (unpaired) electrons. The number of hydrogen-bond donors (Lipinski definition) is 4. The third kappa shape index (κ3) is 8.67. The highest BCUT2D eigenvalue weighted by Gasteiger charge is 2.62. The molecule has 0 bridgehead atoms. The summed E-state index contributed by atoms with van der Waals surface area (Å²) >= 11 is 0. The average molecular weight is 875 g/mol. The lowest BCUT2D eigenvalue weighted by molar-refractivity contribution is -0.148. The third-order valence-electron chi connectivity index (χ3n) is 13.9. The summed E-state index contributed by atoms with van der Waals surface area (Å²) in [5, 5.41) is 6.44. The summed E-state index contributed by atoms with van der Waals surface area (Å²) in [7, 11) is 6.44. The molecule has 0 spiro atoms. The van der Waals surface area contributed by atoms with Gasteiger partial charge in [-0.05, 0) is 96.9 Å². The van der Waals surface area contributed by atoms with E-state index in [2.05, 4.69) is 57.0 Å². The number of H-pyrrole nitrogens is 2. The maximum absolute atomic E-state index is 14.1. The predicted octanol–water partition coefficient (Wildman–Crippen LogP) is 9.69. The van der Waals surface area contributed by atoms with Crippen LogP contribution in [0.3, 0.4) is 0 Å². The van der Waals surface area contributed by atoms with Crippen LogP contribution in [-0.2, 0) is 19.1 Å². The van der Waals surface area contributed by atoms with Crippen molar-refractivity contribution in [3.05, 3.63) is 72.3 Å². The van der Waals surface area contributed by atoms with Crippen molar-refractivity contribution in [1.82, 2.24) is 40.4 Å². The number of benzene rings is 3. The number of carbonyl (C=O) groups excluding carboxylic acids is 4. The lowest BCUT2D eigenvalue weighted by Gasteiger charge is -2.38. The quantitative estimate of drug-likeness (QED) is 0.0959. The monoisotopic (exact) mass is 875 g/mol. The molecule has 2 heterocycles. The smallest absolute Gasteiger partial charge is 0.410 e. The fraction of sp³-hybridized carbons (Fsp3) is 0.520. The Morgan fingerprint density at radius 2 is 0.875 bits per heavy atom. The molecule has 4 amide bonds. The van der Waals surface area contributed by atoms with Crippen molar-refractivity contribution in [3.63, 3.8) is 0 Å². The Kier molecular flexibility index (Phi) is 11.5. The van der Waals surface area contributed by atoms with Gasteiger partial charge in [-0.3, -0.25) is 9.59 Å². The maximum Gasteiger partial charge on any atom is 0.410 e. The first kappa shape index (κ1) is 46.1. The molecule has 7 rings (SSSR count). The number of nitrogens with one attached hydrogen (secondary N) is 4. The highest BCUT2D eigenvalue weighted by atomic mass is 16.6. The van der Waals surface area contributed by atoms with Gasteiger partial charge < -0.3 is 39.9 Å². The highest BCUT2D eigenvalue weighted by Crippen LogP contribution is 2.57. The molecule has 3 aromatic carbocycles. The fourth-order valence-electron chi connectivity index (χ4n) is 8.22. The molecular formula is C50H66N8O6. The van der Waals surface area contributed by atoms with Crippen molar-refractivity contribution in [1.29, 1.82) is 0 Å². The van der Waals surface area contributed by atoms with Crippen molar-refractivity contribution in [2.24, 2.45) is 21.7 Å². The molecule has 2 unspecified atom stereocenters. The molecule has 64 heavy (non-hydrogen) atoms. The third-order valence-corrected chi connectivity index (χ3v) is 13.9. The van der Waals surface area contributed by atoms with Gasteiger partial charge in [0.25, 0.3) is 11.8 Å². The zero-order valence-corrected chi connectivity index (χ0v) is 40.0. The highest BCUT2D eigenvalue weighted by molar-refractivity contribution is 5.91. The first-order valence-electron chi connectivity index (χ1n) is 22.2. The van der Waals surface area contributed by atoms with Crippen LogP contribution in [0.2, 0.25) is 0 Å². The van der Waals surface area contributed by atoms with Crippen LogP contribution in [0.1, 0.15) is 119 Å². The Hall–Kier alpha value is -5.92. The molecular weight excluding hydrogens is 809 g/mol. The zero-order valence-electron chi connectivity index (χ0n) is 40.0. The average Bonchev–Trinajstić information content (AvgIpc) is 4.07. The summed E-state index contributed by atoms with van der Waals surface area (Å²) in [6.45, 7) is 19.7. The number of carbonyl (C=O) groups is 4. The molecule has 2 saturated carbocycles. The second-order valence-corrected chi connectivity index (χ2v) is 21.5. The largest absolute Gasteiger partial charge is 0.432 e. The number of nitrogens with zero attached hydrogens (tertiary/aromatic N) is 4. The van der Waals surface area contributed by atoms with Crippen LogP contribution in [0.5, 0.6) is 0 Å². The Balaban J connectivity index is 1.10. The number of imidazole rings is 2. The van der Waals surface area contributed by atoms with Gasteiger partial charge in [-0.1, -0.05) is 91.8 Å². The van der Waals surface area contributed by atoms with Gasteiger partial charge in [-0.15, -0.1) is 0 Å². The van der Waals surface area contributed by atoms with E-state index >= 15 is 0 Å². The van der Waals surface area contributed by atoms with E-state index < -0.39 is 57.1 Å². The standard InChI is InChI=1S/C50H66N8O6/c1-45(2,3)37(55-41(59)49(9,47(7)23-24-47)63-43(61)57(11)12)39-51-33-21-19-31(27-35(33)53-39)29-15-17-30(18-16-29)32-20-22-34-36(28-32)54-40(52-34)38(46(4,5)6)56-42(60)50(10,48(8)25-26-48)64-44(62)58(13)14/h15-22,27-28,37-38H,23-26H2,1-14H3,(H,51,53)(H,52,54)(H,55,59)(H,56,60)/t37-,38-,49?,50?/m1/s1. The summed E-state index contributed by atoms with van der Waals surface area (Å²) in [6, 6.07) is 19.6. The van der Waals surface area contributed by atoms with Gasteiger partial charge >= 0.3 is 12.2 Å². The molecule has 5 aromatic rings. The summed E-state index contributed by atoms with van der Waals surface area (Å²) in [6.07, 6.45) is 2.02. The zero-order chi connectivity index (χ0) is 46.9. The fourth-order valence-corrected chi connectivity index (χ4v) is 8.22. The summed E-state index contributed by atoms with van der Waals surface area (Å²) < 4.78 is 11.8. The molecule has 0 aliphatic heterocycles. The predicted molar refractivity (Wildman–Crippen MR) is 249 cm³/mol. The van der Waals surface area contributed by atoms with Crippen molar-refractivity contribution in [3.8, 4) is 22.3 Å². The minimum absolute atomic E-state index is 0.346. The van der Waals surface area contributed by atoms with Crippen molar-refractivity contribution in [2.45, 2.75) is 118 Å². The first-order valence-corrected chi connectivity index (χ1v) is 22.2. The molecule has 14 heteroatoms. The Labute approximate surface area is 376 Å². The van der Waals surface area contributed by atoms with Gasteiger partial charge in [-0.2, -0.15) is 0 Å². The van der Waals surface area contributed by atoms with Gasteiger partial charge in [0.15, 0.2) is 11.2 Å². The topological polar surface area (TPSA) is 175 Å². The molecule has 2 aliphatic rings. The molecule has 14 nitrogen and oxygen atoms in total. The Bertz CT molecular complexity index is 2430. The molecule has 4 N–H and O–H groups in total. The van der Waals surface area contributed by atoms with Crippen molar-refractivity contribution >= 4 is 46.1 Å². The van der Waals surface area contributed by atoms with Crippen LogP contribution in [0.4, 0.5) is 9.59 Å². The maximum atomic E-state index is 14.1. The normalized spacial score (nSPS) is 18.2. The molecule has 2 aromatic heterocycles. The van der Waals surface area contributed by atoms with E-state index in [1.165, 1.54) is 9.80 Å². The van der Waals surface area contributed by atoms with E-state index in [1.54, 1.807) is 42.0 Å². The van der Waals surface area contributed by atoms with Crippen molar-refractivity contribution in [2.75, 3.05) is 28.2 Å². The van der Waals surface area contributed by atoms with Crippen molar-refractivity contribution < 1.29 is 28.7 Å². The summed E-state index contributed by atoms with van der Waals surface area (Å²) in [4.78, 5) is 73.2.